The number of pyridine rings is 1. The lowest BCUT2D eigenvalue weighted by molar-refractivity contribution is -0.111. The number of para-hydroxylation sites is 2. The molecule has 2 N–H and O–H groups in total. The molecule has 1 amide bonds. The van der Waals surface area contributed by atoms with Crippen LogP contribution in [0.15, 0.2) is 60.7 Å². The molecule has 1 aromatic heterocycles. The molecule has 0 bridgehead atoms. The van der Waals surface area contributed by atoms with Crippen molar-refractivity contribution in [1.29, 1.82) is 0 Å². The number of nitrogens with one attached hydrogen (secondary N) is 2. The molecular formula is C32H34ClN3O5. The lowest BCUT2D eigenvalue weighted by atomic mass is 9.92. The number of methoxy groups -OCH3 is 4. The van der Waals surface area contributed by atoms with E-state index in [1.807, 2.05) is 42.5 Å². The summed E-state index contributed by atoms with van der Waals surface area (Å²) >= 11 is 0. The molecule has 0 unspecified atom stereocenters. The Morgan fingerprint density at radius 3 is 2.27 bits per heavy atom. The summed E-state index contributed by atoms with van der Waals surface area (Å²) in [5.74, 6) is 2.03. The maximum absolute atomic E-state index is 12.9. The molecular weight excluding hydrogens is 542 g/mol. The zero-order valence-electron chi connectivity index (χ0n) is 23.6. The number of fused-ring (bicyclic) bond motifs is 2. The Morgan fingerprint density at radius 2 is 1.56 bits per heavy atom. The van der Waals surface area contributed by atoms with Gasteiger partial charge in [-0.2, -0.15) is 0 Å². The van der Waals surface area contributed by atoms with E-state index < -0.39 is 0 Å². The van der Waals surface area contributed by atoms with Gasteiger partial charge >= 0.3 is 0 Å². The molecule has 0 radical (unpaired) electrons. The molecule has 3 aromatic carbocycles. The van der Waals surface area contributed by atoms with Gasteiger partial charge in [-0.05, 0) is 85.4 Å². The van der Waals surface area contributed by atoms with Crippen LogP contribution < -0.4 is 29.6 Å². The Hall–Kier alpha value is -4.43. The number of hydrogen-bond donors (Lipinski definition) is 2. The van der Waals surface area contributed by atoms with Gasteiger partial charge in [0, 0.05) is 22.8 Å². The lowest BCUT2D eigenvalue weighted by Gasteiger charge is -2.22. The largest absolute Gasteiger partial charge is 0.495 e. The standard InChI is InChI=1S/C32H33N3O5.ClH/c1-37-27-12-8-7-11-26(27)35-31-22-9-5-6-10-24(22)34-25-15-14-21(19-23(25)31)33-30(36)16-13-20-17-28(38-2)32(40-4)29(18-20)39-3;/h7-8,11-19H,5-6,9-10H2,1-4H3,(H,33,36)(H,34,35);1H. The van der Waals surface area contributed by atoms with Gasteiger partial charge in [0.05, 0.1) is 45.3 Å². The molecule has 8 nitrogen and oxygen atoms in total. The van der Waals surface area contributed by atoms with Crippen molar-refractivity contribution in [2.45, 2.75) is 25.7 Å². The second-order valence-electron chi connectivity index (χ2n) is 9.46. The monoisotopic (exact) mass is 575 g/mol. The van der Waals surface area contributed by atoms with E-state index in [1.54, 1.807) is 46.6 Å². The molecule has 4 aromatic rings. The van der Waals surface area contributed by atoms with Gasteiger partial charge in [0.2, 0.25) is 11.7 Å². The average molecular weight is 576 g/mol. The quantitative estimate of drug-likeness (QED) is 0.208. The highest BCUT2D eigenvalue weighted by molar-refractivity contribution is 6.04. The number of halogens is 1. The van der Waals surface area contributed by atoms with Crippen molar-refractivity contribution in [3.05, 3.63) is 77.5 Å². The van der Waals surface area contributed by atoms with Crippen LogP contribution in [-0.4, -0.2) is 39.3 Å². The Labute approximate surface area is 246 Å². The van der Waals surface area contributed by atoms with Gasteiger partial charge < -0.3 is 29.6 Å². The van der Waals surface area contributed by atoms with Crippen molar-refractivity contribution in [3.63, 3.8) is 0 Å². The lowest BCUT2D eigenvalue weighted by Crippen LogP contribution is -2.11. The number of aromatic nitrogens is 1. The zero-order valence-corrected chi connectivity index (χ0v) is 24.4. The smallest absolute Gasteiger partial charge is 0.248 e. The molecule has 1 aliphatic carbocycles. The van der Waals surface area contributed by atoms with Crippen LogP contribution in [0, 0.1) is 0 Å². The predicted octanol–water partition coefficient (Wildman–Crippen LogP) is 6.97. The van der Waals surface area contributed by atoms with Crippen molar-refractivity contribution in [1.82, 2.24) is 4.98 Å². The second kappa shape index (κ2) is 13.3. The maximum atomic E-state index is 12.9. The molecule has 41 heavy (non-hydrogen) atoms. The van der Waals surface area contributed by atoms with Gasteiger partial charge in [0.15, 0.2) is 11.5 Å². The zero-order chi connectivity index (χ0) is 28.1. The number of carbonyl (C=O) groups excluding carboxylic acids is 1. The summed E-state index contributed by atoms with van der Waals surface area (Å²) in [7, 11) is 6.33. The van der Waals surface area contributed by atoms with Crippen LogP contribution in [0.5, 0.6) is 23.0 Å². The highest BCUT2D eigenvalue weighted by atomic mass is 35.5. The average Bonchev–Trinajstić information content (AvgIpc) is 2.99. The maximum Gasteiger partial charge on any atom is 0.248 e. The first-order valence-electron chi connectivity index (χ1n) is 13.2. The molecule has 0 atom stereocenters. The molecule has 5 rings (SSSR count). The Bertz CT molecular complexity index is 1560. The van der Waals surface area contributed by atoms with Crippen molar-refractivity contribution in [3.8, 4) is 23.0 Å². The molecule has 1 heterocycles. The Balaban J connectivity index is 0.00000387. The number of aryl methyl sites for hydroxylation is 1. The molecule has 0 saturated carbocycles. The summed E-state index contributed by atoms with van der Waals surface area (Å²) in [6, 6.07) is 17.2. The van der Waals surface area contributed by atoms with Crippen LogP contribution in [0.4, 0.5) is 17.1 Å². The predicted molar refractivity (Wildman–Crippen MR) is 166 cm³/mol. The van der Waals surface area contributed by atoms with E-state index in [0.29, 0.717) is 22.9 Å². The molecule has 0 saturated heterocycles. The summed E-state index contributed by atoms with van der Waals surface area (Å²) in [4.78, 5) is 17.9. The fraction of sp³-hybridized carbons (Fsp3) is 0.250. The fourth-order valence-corrected chi connectivity index (χ4v) is 5.08. The van der Waals surface area contributed by atoms with Crippen LogP contribution >= 0.6 is 12.4 Å². The minimum absolute atomic E-state index is 0. The first-order valence-corrected chi connectivity index (χ1v) is 13.2. The molecule has 0 aliphatic heterocycles. The number of hydrogen-bond acceptors (Lipinski definition) is 7. The Kier molecular flexibility index (Phi) is 9.57. The SMILES string of the molecule is COc1ccccc1Nc1c2c(nc3ccc(NC(=O)C=Cc4cc(OC)c(OC)c(OC)c4)cc13)CCCC2.Cl. The van der Waals surface area contributed by atoms with E-state index in [0.717, 1.165) is 65.0 Å². The fourth-order valence-electron chi connectivity index (χ4n) is 5.08. The van der Waals surface area contributed by atoms with Gasteiger partial charge in [-0.25, -0.2) is 0 Å². The van der Waals surface area contributed by atoms with Crippen LogP contribution in [0.2, 0.25) is 0 Å². The van der Waals surface area contributed by atoms with E-state index in [9.17, 15) is 4.79 Å². The van der Waals surface area contributed by atoms with Gasteiger partial charge in [-0.15, -0.1) is 12.4 Å². The molecule has 1 aliphatic rings. The topological polar surface area (TPSA) is 90.9 Å². The number of amides is 1. The van der Waals surface area contributed by atoms with Crippen molar-refractivity contribution in [2.75, 3.05) is 39.1 Å². The summed E-state index contributed by atoms with van der Waals surface area (Å²) in [5, 5.41) is 7.55. The number of ether oxygens (including phenoxy) is 4. The van der Waals surface area contributed by atoms with Gasteiger partial charge in [0.25, 0.3) is 0 Å². The summed E-state index contributed by atoms with van der Waals surface area (Å²) in [6.07, 6.45) is 7.33. The van der Waals surface area contributed by atoms with E-state index in [1.165, 1.54) is 11.6 Å². The summed E-state index contributed by atoms with van der Waals surface area (Å²) in [5.41, 5.74) is 6.52. The van der Waals surface area contributed by atoms with Gasteiger partial charge in [0.1, 0.15) is 5.75 Å². The molecule has 0 spiro atoms. The van der Waals surface area contributed by atoms with Crippen molar-refractivity contribution >= 4 is 52.4 Å². The summed E-state index contributed by atoms with van der Waals surface area (Å²) in [6.45, 7) is 0. The van der Waals surface area contributed by atoms with E-state index >= 15 is 0 Å². The number of nitrogens with zero attached hydrogens (tertiary/aromatic N) is 1. The van der Waals surface area contributed by atoms with Gasteiger partial charge in [-0.3, -0.25) is 9.78 Å². The van der Waals surface area contributed by atoms with E-state index in [4.69, 9.17) is 23.9 Å². The first kappa shape index (κ1) is 29.6. The van der Waals surface area contributed by atoms with E-state index in [-0.39, 0.29) is 18.3 Å². The van der Waals surface area contributed by atoms with Crippen molar-refractivity contribution < 1.29 is 23.7 Å². The first-order chi connectivity index (χ1) is 19.5. The van der Waals surface area contributed by atoms with Crippen LogP contribution in [-0.2, 0) is 17.6 Å². The molecule has 9 heteroatoms. The normalized spacial score (nSPS) is 12.3. The number of anilines is 3. The second-order valence-corrected chi connectivity index (χ2v) is 9.46. The van der Waals surface area contributed by atoms with Crippen LogP contribution in [0.1, 0.15) is 29.7 Å². The summed E-state index contributed by atoms with van der Waals surface area (Å²) < 4.78 is 21.8. The highest BCUT2D eigenvalue weighted by Crippen LogP contribution is 2.39. The molecule has 214 valence electrons. The van der Waals surface area contributed by atoms with E-state index in [2.05, 4.69) is 10.6 Å². The third kappa shape index (κ3) is 6.33. The van der Waals surface area contributed by atoms with Crippen LogP contribution in [0.25, 0.3) is 17.0 Å². The van der Waals surface area contributed by atoms with Crippen molar-refractivity contribution in [2.24, 2.45) is 0 Å². The Morgan fingerprint density at radius 1 is 0.854 bits per heavy atom. The van der Waals surface area contributed by atoms with Crippen LogP contribution in [0.3, 0.4) is 0 Å². The number of carbonyl (C=O) groups is 1. The minimum Gasteiger partial charge on any atom is -0.495 e. The number of benzene rings is 3. The molecule has 0 fully saturated rings. The minimum atomic E-state index is -0.266. The van der Waals surface area contributed by atoms with Gasteiger partial charge in [-0.1, -0.05) is 12.1 Å². The third-order valence-corrected chi connectivity index (χ3v) is 7.01. The highest BCUT2D eigenvalue weighted by Gasteiger charge is 2.20. The third-order valence-electron chi connectivity index (χ3n) is 7.01. The number of rotatable bonds is 9.